The van der Waals surface area contributed by atoms with Crippen LogP contribution in [0.15, 0.2) is 0 Å². The summed E-state index contributed by atoms with van der Waals surface area (Å²) in [7, 11) is -1.92. The highest BCUT2D eigenvalue weighted by atomic mass is 31.2. The van der Waals surface area contributed by atoms with E-state index < -0.39 is 7.14 Å². The van der Waals surface area contributed by atoms with Crippen molar-refractivity contribution in [3.05, 3.63) is 0 Å². The summed E-state index contributed by atoms with van der Waals surface area (Å²) >= 11 is 0. The van der Waals surface area contributed by atoms with Crippen molar-refractivity contribution in [2.45, 2.75) is 46.5 Å². The number of unbranched alkanes of at least 4 members (excludes halogenated alkanes) is 2. The first-order chi connectivity index (χ1) is 8.11. The highest BCUT2D eigenvalue weighted by Crippen LogP contribution is 2.50. The van der Waals surface area contributed by atoms with Crippen LogP contribution in [-0.4, -0.2) is 31.7 Å². The molecule has 1 rings (SSSR count). The van der Waals surface area contributed by atoms with Crippen LogP contribution in [0.5, 0.6) is 0 Å². The maximum Gasteiger partial charge on any atom is 0.0881 e. The van der Waals surface area contributed by atoms with Gasteiger partial charge in [0.1, 0.15) is 0 Å². The van der Waals surface area contributed by atoms with Gasteiger partial charge in [-0.25, -0.2) is 0 Å². The number of hydrogen-bond donors (Lipinski definition) is 0. The van der Waals surface area contributed by atoms with Crippen molar-refractivity contribution >= 4 is 7.14 Å². The molecule has 0 aliphatic carbocycles. The summed E-state index contributed by atoms with van der Waals surface area (Å²) in [6.45, 7) is 8.31. The fourth-order valence-electron chi connectivity index (χ4n) is 2.55. The Morgan fingerprint density at radius 1 is 1.12 bits per heavy atom. The first-order valence-corrected chi connectivity index (χ1v) is 9.52. The van der Waals surface area contributed by atoms with Gasteiger partial charge in [-0.05, 0) is 24.7 Å². The van der Waals surface area contributed by atoms with Crippen molar-refractivity contribution in [1.82, 2.24) is 0 Å². The molecule has 1 saturated heterocycles. The lowest BCUT2D eigenvalue weighted by atomic mass is 10.0. The Labute approximate surface area is 107 Å². The van der Waals surface area contributed by atoms with E-state index in [1.54, 1.807) is 0 Å². The second-order valence-corrected chi connectivity index (χ2v) is 9.05. The molecule has 1 aliphatic heterocycles. The Balaban J connectivity index is 2.52. The SMILES string of the molecule is CCCCP(=O)(CCCC)CC1COCC1C. The van der Waals surface area contributed by atoms with E-state index in [-0.39, 0.29) is 0 Å². The van der Waals surface area contributed by atoms with Gasteiger partial charge < -0.3 is 9.30 Å². The minimum absolute atomic E-state index is 0.551. The van der Waals surface area contributed by atoms with Crippen LogP contribution < -0.4 is 0 Å². The molecule has 0 bridgehead atoms. The number of rotatable bonds is 8. The monoisotopic (exact) mass is 260 g/mol. The van der Waals surface area contributed by atoms with Crippen LogP contribution in [0.2, 0.25) is 0 Å². The maximum absolute atomic E-state index is 13.0. The average molecular weight is 260 g/mol. The van der Waals surface area contributed by atoms with Crippen LogP contribution in [0.3, 0.4) is 0 Å². The minimum Gasteiger partial charge on any atom is -0.381 e. The number of hydrogen-bond acceptors (Lipinski definition) is 2. The summed E-state index contributed by atoms with van der Waals surface area (Å²) in [4.78, 5) is 0. The number of ether oxygens (including phenoxy) is 1. The zero-order valence-electron chi connectivity index (χ0n) is 11.8. The van der Waals surface area contributed by atoms with Gasteiger partial charge >= 0.3 is 0 Å². The van der Waals surface area contributed by atoms with Crippen LogP contribution in [0.4, 0.5) is 0 Å². The molecule has 0 N–H and O–H groups in total. The molecule has 1 aliphatic rings. The van der Waals surface area contributed by atoms with Crippen LogP contribution in [0.25, 0.3) is 0 Å². The van der Waals surface area contributed by atoms with Crippen molar-refractivity contribution in [3.63, 3.8) is 0 Å². The Morgan fingerprint density at radius 2 is 1.71 bits per heavy atom. The quantitative estimate of drug-likeness (QED) is 0.610. The van der Waals surface area contributed by atoms with Gasteiger partial charge in [-0.3, -0.25) is 0 Å². The van der Waals surface area contributed by atoms with Gasteiger partial charge in [0, 0.05) is 25.1 Å². The Morgan fingerprint density at radius 3 is 2.12 bits per heavy atom. The largest absolute Gasteiger partial charge is 0.381 e. The molecule has 0 aromatic heterocycles. The lowest BCUT2D eigenvalue weighted by molar-refractivity contribution is 0.183. The summed E-state index contributed by atoms with van der Waals surface area (Å²) in [5, 5.41) is 0. The van der Waals surface area contributed by atoms with Crippen LogP contribution in [-0.2, 0) is 9.30 Å². The van der Waals surface area contributed by atoms with Gasteiger partial charge in [0.05, 0.1) is 13.7 Å². The second kappa shape index (κ2) is 7.59. The first-order valence-electron chi connectivity index (χ1n) is 7.26. The third kappa shape index (κ3) is 5.14. The second-order valence-electron chi connectivity index (χ2n) is 5.67. The predicted octanol–water partition coefficient (Wildman–Crippen LogP) is 4.23. The smallest absolute Gasteiger partial charge is 0.0881 e. The Kier molecular flexibility index (Phi) is 6.80. The van der Waals surface area contributed by atoms with Gasteiger partial charge in [-0.15, -0.1) is 0 Å². The maximum atomic E-state index is 13.0. The summed E-state index contributed by atoms with van der Waals surface area (Å²) in [5.74, 6) is 1.15. The third-order valence-corrected chi connectivity index (χ3v) is 7.32. The third-order valence-electron chi connectivity index (χ3n) is 3.92. The van der Waals surface area contributed by atoms with E-state index in [1.807, 2.05) is 0 Å². The Hall–Kier alpha value is 0.190. The molecule has 17 heavy (non-hydrogen) atoms. The van der Waals surface area contributed by atoms with Crippen molar-refractivity contribution in [2.75, 3.05) is 31.7 Å². The molecular formula is C14H29O2P. The molecule has 2 nitrogen and oxygen atoms in total. The highest BCUT2D eigenvalue weighted by molar-refractivity contribution is 7.63. The molecule has 1 heterocycles. The van der Waals surface area contributed by atoms with E-state index in [0.717, 1.165) is 57.4 Å². The summed E-state index contributed by atoms with van der Waals surface area (Å²) < 4.78 is 18.5. The summed E-state index contributed by atoms with van der Waals surface area (Å²) in [6.07, 6.45) is 7.44. The van der Waals surface area contributed by atoms with Crippen molar-refractivity contribution < 1.29 is 9.30 Å². The van der Waals surface area contributed by atoms with Gasteiger partial charge in [0.15, 0.2) is 0 Å². The molecule has 0 saturated carbocycles. The molecule has 3 heteroatoms. The molecule has 2 unspecified atom stereocenters. The van der Waals surface area contributed by atoms with Crippen LogP contribution in [0.1, 0.15) is 46.5 Å². The van der Waals surface area contributed by atoms with E-state index in [9.17, 15) is 4.57 Å². The molecule has 0 aromatic carbocycles. The van der Waals surface area contributed by atoms with Crippen molar-refractivity contribution in [1.29, 1.82) is 0 Å². The molecular weight excluding hydrogens is 231 g/mol. The minimum atomic E-state index is -1.92. The van der Waals surface area contributed by atoms with E-state index in [1.165, 1.54) is 0 Å². The topological polar surface area (TPSA) is 26.3 Å². The van der Waals surface area contributed by atoms with Crippen molar-refractivity contribution in [2.24, 2.45) is 11.8 Å². The first kappa shape index (κ1) is 15.2. The zero-order chi connectivity index (χ0) is 12.7. The van der Waals surface area contributed by atoms with Crippen molar-refractivity contribution in [3.8, 4) is 0 Å². The van der Waals surface area contributed by atoms with Gasteiger partial charge in [0.25, 0.3) is 0 Å². The van der Waals surface area contributed by atoms with E-state index >= 15 is 0 Å². The fraction of sp³-hybridized carbons (Fsp3) is 1.00. The standard InChI is InChI=1S/C14H29O2P/c1-4-6-8-17(15,9-7-5-2)12-14-11-16-10-13(14)3/h13-14H,4-12H2,1-3H3. The zero-order valence-corrected chi connectivity index (χ0v) is 12.7. The molecule has 1 fully saturated rings. The summed E-state index contributed by atoms with van der Waals surface area (Å²) in [6, 6.07) is 0. The van der Waals surface area contributed by atoms with Gasteiger partial charge in [0.2, 0.25) is 0 Å². The van der Waals surface area contributed by atoms with Gasteiger partial charge in [-0.2, -0.15) is 0 Å². The molecule has 0 aromatic rings. The summed E-state index contributed by atoms with van der Waals surface area (Å²) in [5.41, 5.74) is 0. The van der Waals surface area contributed by atoms with Crippen LogP contribution in [0, 0.1) is 11.8 Å². The van der Waals surface area contributed by atoms with E-state index in [4.69, 9.17) is 4.74 Å². The normalized spacial score (nSPS) is 25.4. The molecule has 0 radical (unpaired) electrons. The fourth-order valence-corrected chi connectivity index (χ4v) is 6.25. The predicted molar refractivity (Wildman–Crippen MR) is 75.5 cm³/mol. The van der Waals surface area contributed by atoms with Crippen LogP contribution >= 0.6 is 7.14 Å². The molecule has 2 atom stereocenters. The lowest BCUT2D eigenvalue weighted by Crippen LogP contribution is -2.16. The van der Waals surface area contributed by atoms with E-state index in [0.29, 0.717) is 11.8 Å². The average Bonchev–Trinajstić information content (AvgIpc) is 2.70. The molecule has 0 spiro atoms. The molecule has 0 amide bonds. The van der Waals surface area contributed by atoms with E-state index in [2.05, 4.69) is 20.8 Å². The Bertz CT molecular complexity index is 241. The lowest BCUT2D eigenvalue weighted by Gasteiger charge is -2.23. The molecule has 102 valence electrons. The van der Waals surface area contributed by atoms with Gasteiger partial charge in [-0.1, -0.05) is 33.6 Å². The highest BCUT2D eigenvalue weighted by Gasteiger charge is 2.32.